The largest absolute Gasteiger partial charge is 0.343 e. The number of carbonyl (C=O) groups is 2. The number of likely N-dealkylation sites (tertiary alicyclic amines) is 2. The molecule has 1 aromatic carbocycles. The molecule has 142 valence electrons. The van der Waals surface area contributed by atoms with E-state index in [1.807, 2.05) is 35.0 Å². The van der Waals surface area contributed by atoms with Crippen LogP contribution in [-0.4, -0.2) is 65.8 Å². The molecule has 2 heterocycles. The minimum absolute atomic E-state index is 0.150. The standard InChI is InChI=1S/C21H31N3O2/c1-17(25)23-14-10-20(11-15-23)24-12-8-19(9-13-24)21(26)22(2)16-18-6-4-3-5-7-18/h3-7,19-20H,8-16H2,1-2H3. The van der Waals surface area contributed by atoms with E-state index in [1.54, 1.807) is 6.92 Å². The van der Waals surface area contributed by atoms with Crippen molar-refractivity contribution in [1.82, 2.24) is 14.7 Å². The molecule has 2 amide bonds. The van der Waals surface area contributed by atoms with E-state index in [9.17, 15) is 9.59 Å². The van der Waals surface area contributed by atoms with Crippen molar-refractivity contribution in [3.05, 3.63) is 35.9 Å². The summed E-state index contributed by atoms with van der Waals surface area (Å²) in [6.45, 7) is 6.09. The summed E-state index contributed by atoms with van der Waals surface area (Å²) in [4.78, 5) is 30.6. The van der Waals surface area contributed by atoms with Crippen molar-refractivity contribution in [2.24, 2.45) is 5.92 Å². The number of piperidine rings is 2. The van der Waals surface area contributed by atoms with Gasteiger partial charge >= 0.3 is 0 Å². The van der Waals surface area contributed by atoms with Gasteiger partial charge in [-0.3, -0.25) is 9.59 Å². The predicted molar refractivity (Wildman–Crippen MR) is 102 cm³/mol. The lowest BCUT2D eigenvalue weighted by atomic mass is 9.92. The van der Waals surface area contributed by atoms with E-state index in [0.29, 0.717) is 12.6 Å². The minimum Gasteiger partial charge on any atom is -0.343 e. The van der Waals surface area contributed by atoms with Crippen LogP contribution in [0.2, 0.25) is 0 Å². The van der Waals surface area contributed by atoms with Crippen LogP contribution in [0.15, 0.2) is 30.3 Å². The summed E-state index contributed by atoms with van der Waals surface area (Å²) in [5, 5.41) is 0. The molecule has 0 unspecified atom stereocenters. The van der Waals surface area contributed by atoms with Crippen LogP contribution < -0.4 is 0 Å². The third-order valence-corrected chi connectivity index (χ3v) is 5.94. The van der Waals surface area contributed by atoms with Crippen molar-refractivity contribution in [3.63, 3.8) is 0 Å². The number of rotatable bonds is 4. The molecule has 2 aliphatic heterocycles. The Balaban J connectivity index is 1.44. The fraction of sp³-hybridized carbons (Fsp3) is 0.619. The Labute approximate surface area is 156 Å². The van der Waals surface area contributed by atoms with Crippen LogP contribution in [0.1, 0.15) is 38.2 Å². The molecule has 0 atom stereocenters. The van der Waals surface area contributed by atoms with Gasteiger partial charge in [0.15, 0.2) is 0 Å². The van der Waals surface area contributed by atoms with E-state index in [2.05, 4.69) is 17.0 Å². The van der Waals surface area contributed by atoms with Gasteiger partial charge in [0.2, 0.25) is 11.8 Å². The zero-order valence-corrected chi connectivity index (χ0v) is 16.1. The first-order valence-electron chi connectivity index (χ1n) is 9.83. The van der Waals surface area contributed by atoms with Crippen molar-refractivity contribution in [1.29, 1.82) is 0 Å². The second kappa shape index (κ2) is 8.67. The minimum atomic E-state index is 0.150. The molecule has 2 fully saturated rings. The highest BCUT2D eigenvalue weighted by Crippen LogP contribution is 2.25. The first kappa shape index (κ1) is 18.9. The summed E-state index contributed by atoms with van der Waals surface area (Å²) in [5.74, 6) is 0.617. The molecule has 0 aromatic heterocycles. The maximum absolute atomic E-state index is 12.8. The summed E-state index contributed by atoms with van der Waals surface area (Å²) in [7, 11) is 1.92. The second-order valence-corrected chi connectivity index (χ2v) is 7.73. The molecule has 0 bridgehead atoms. The maximum atomic E-state index is 12.8. The number of hydrogen-bond acceptors (Lipinski definition) is 3. The topological polar surface area (TPSA) is 43.9 Å². The Morgan fingerprint density at radius 1 is 1.00 bits per heavy atom. The van der Waals surface area contributed by atoms with Crippen LogP contribution in [0.4, 0.5) is 0 Å². The zero-order valence-electron chi connectivity index (χ0n) is 16.1. The number of benzene rings is 1. The first-order valence-corrected chi connectivity index (χ1v) is 9.83. The van der Waals surface area contributed by atoms with E-state index in [-0.39, 0.29) is 17.7 Å². The SMILES string of the molecule is CC(=O)N1CCC(N2CCC(C(=O)N(C)Cc3ccccc3)CC2)CC1. The van der Waals surface area contributed by atoms with Crippen molar-refractivity contribution in [3.8, 4) is 0 Å². The number of hydrogen-bond donors (Lipinski definition) is 0. The van der Waals surface area contributed by atoms with Gasteiger partial charge in [-0.15, -0.1) is 0 Å². The average Bonchev–Trinajstić information content (AvgIpc) is 2.68. The third kappa shape index (κ3) is 4.64. The summed E-state index contributed by atoms with van der Waals surface area (Å²) >= 11 is 0. The van der Waals surface area contributed by atoms with Crippen molar-refractivity contribution < 1.29 is 9.59 Å². The maximum Gasteiger partial charge on any atom is 0.225 e. The summed E-state index contributed by atoms with van der Waals surface area (Å²) in [6, 6.07) is 10.7. The molecule has 2 aliphatic rings. The van der Waals surface area contributed by atoms with Crippen LogP contribution in [0, 0.1) is 5.92 Å². The van der Waals surface area contributed by atoms with Crippen LogP contribution in [0.5, 0.6) is 0 Å². The summed E-state index contributed by atoms with van der Waals surface area (Å²) < 4.78 is 0. The van der Waals surface area contributed by atoms with Crippen LogP contribution >= 0.6 is 0 Å². The average molecular weight is 357 g/mol. The second-order valence-electron chi connectivity index (χ2n) is 7.73. The molecule has 26 heavy (non-hydrogen) atoms. The van der Waals surface area contributed by atoms with Gasteiger partial charge in [-0.1, -0.05) is 30.3 Å². The highest BCUT2D eigenvalue weighted by Gasteiger charge is 2.32. The Kier molecular flexibility index (Phi) is 6.30. The normalized spacial score (nSPS) is 20.2. The van der Waals surface area contributed by atoms with Crippen LogP contribution in [0.3, 0.4) is 0 Å². The molecule has 3 rings (SSSR count). The van der Waals surface area contributed by atoms with Crippen molar-refractivity contribution >= 4 is 11.8 Å². The van der Waals surface area contributed by atoms with E-state index in [0.717, 1.165) is 51.9 Å². The van der Waals surface area contributed by atoms with E-state index in [4.69, 9.17) is 0 Å². The molecule has 0 spiro atoms. The van der Waals surface area contributed by atoms with Gasteiger partial charge in [0.05, 0.1) is 0 Å². The Hall–Kier alpha value is -1.88. The molecule has 1 aromatic rings. The molecular formula is C21H31N3O2. The first-order chi connectivity index (χ1) is 12.5. The van der Waals surface area contributed by atoms with Gasteiger partial charge in [-0.25, -0.2) is 0 Å². The monoisotopic (exact) mass is 357 g/mol. The fourth-order valence-corrected chi connectivity index (χ4v) is 4.30. The number of amides is 2. The van der Waals surface area contributed by atoms with Gasteiger partial charge in [0.25, 0.3) is 0 Å². The summed E-state index contributed by atoms with van der Waals surface area (Å²) in [5.41, 5.74) is 1.18. The van der Waals surface area contributed by atoms with Gasteiger partial charge < -0.3 is 14.7 Å². The third-order valence-electron chi connectivity index (χ3n) is 5.94. The molecule has 0 N–H and O–H groups in total. The van der Waals surface area contributed by atoms with Crippen molar-refractivity contribution in [2.45, 2.75) is 45.2 Å². The fourth-order valence-electron chi connectivity index (χ4n) is 4.30. The van der Waals surface area contributed by atoms with E-state index in [1.165, 1.54) is 5.56 Å². The lowest BCUT2D eigenvalue weighted by Gasteiger charge is -2.41. The van der Waals surface area contributed by atoms with E-state index < -0.39 is 0 Å². The van der Waals surface area contributed by atoms with Gasteiger partial charge in [0, 0.05) is 45.6 Å². The van der Waals surface area contributed by atoms with Crippen molar-refractivity contribution in [2.75, 3.05) is 33.2 Å². The summed E-state index contributed by atoms with van der Waals surface area (Å²) in [6.07, 6.45) is 4.02. The molecule has 2 saturated heterocycles. The Morgan fingerprint density at radius 3 is 2.19 bits per heavy atom. The predicted octanol–water partition coefficient (Wildman–Crippen LogP) is 2.37. The number of nitrogens with zero attached hydrogens (tertiary/aromatic N) is 3. The van der Waals surface area contributed by atoms with Crippen LogP contribution in [-0.2, 0) is 16.1 Å². The molecule has 0 aliphatic carbocycles. The highest BCUT2D eigenvalue weighted by atomic mass is 16.2. The molecule has 5 heteroatoms. The molecule has 5 nitrogen and oxygen atoms in total. The lowest BCUT2D eigenvalue weighted by Crippen LogP contribution is -2.50. The lowest BCUT2D eigenvalue weighted by molar-refractivity contribution is -0.137. The van der Waals surface area contributed by atoms with E-state index >= 15 is 0 Å². The molecule has 0 saturated carbocycles. The number of carbonyl (C=O) groups excluding carboxylic acids is 2. The highest BCUT2D eigenvalue weighted by molar-refractivity contribution is 5.78. The zero-order chi connectivity index (χ0) is 18.5. The smallest absolute Gasteiger partial charge is 0.225 e. The Bertz CT molecular complexity index is 603. The van der Waals surface area contributed by atoms with Gasteiger partial charge in [-0.05, 0) is 44.3 Å². The molecule has 0 radical (unpaired) electrons. The quantitative estimate of drug-likeness (QED) is 0.831. The Morgan fingerprint density at radius 2 is 1.62 bits per heavy atom. The van der Waals surface area contributed by atoms with Gasteiger partial charge in [-0.2, -0.15) is 0 Å². The van der Waals surface area contributed by atoms with Gasteiger partial charge in [0.1, 0.15) is 0 Å². The molecular weight excluding hydrogens is 326 g/mol. The van der Waals surface area contributed by atoms with Crippen LogP contribution in [0.25, 0.3) is 0 Å².